The summed E-state index contributed by atoms with van der Waals surface area (Å²) in [6.45, 7) is 3.60. The van der Waals surface area contributed by atoms with Crippen molar-refractivity contribution in [2.45, 2.75) is 26.2 Å². The molecular weight excluding hydrogens is 428 g/mol. The van der Waals surface area contributed by atoms with Crippen molar-refractivity contribution >= 4 is 28.4 Å². The predicted molar refractivity (Wildman–Crippen MR) is 136 cm³/mol. The smallest absolute Gasteiger partial charge is 0.254 e. The van der Waals surface area contributed by atoms with Gasteiger partial charge < -0.3 is 4.90 Å². The van der Waals surface area contributed by atoms with Crippen molar-refractivity contribution in [2.75, 3.05) is 13.1 Å². The summed E-state index contributed by atoms with van der Waals surface area (Å²) in [6, 6.07) is 26.3. The second-order valence-electron chi connectivity index (χ2n) is 8.91. The van der Waals surface area contributed by atoms with E-state index in [1.165, 1.54) is 5.56 Å². The van der Waals surface area contributed by atoms with E-state index in [0.717, 1.165) is 65.6 Å². The van der Waals surface area contributed by atoms with Crippen LogP contribution >= 0.6 is 11.6 Å². The molecule has 1 amide bonds. The maximum absolute atomic E-state index is 13.8. The van der Waals surface area contributed by atoms with Gasteiger partial charge in [-0.15, -0.1) is 0 Å². The van der Waals surface area contributed by atoms with Gasteiger partial charge in [-0.2, -0.15) is 0 Å². The van der Waals surface area contributed by atoms with Gasteiger partial charge in [0.1, 0.15) is 0 Å². The van der Waals surface area contributed by atoms with Crippen LogP contribution in [-0.4, -0.2) is 28.9 Å². The molecule has 3 nitrogen and oxygen atoms in total. The molecule has 1 aliphatic heterocycles. The first-order chi connectivity index (χ1) is 16.1. The Balaban J connectivity index is 1.43. The van der Waals surface area contributed by atoms with E-state index in [1.54, 1.807) is 0 Å². The highest BCUT2D eigenvalue weighted by atomic mass is 35.5. The molecule has 1 aromatic heterocycles. The molecule has 33 heavy (non-hydrogen) atoms. The molecule has 0 saturated carbocycles. The summed E-state index contributed by atoms with van der Waals surface area (Å²) < 4.78 is 0. The van der Waals surface area contributed by atoms with Gasteiger partial charge in [-0.1, -0.05) is 72.3 Å². The van der Waals surface area contributed by atoms with Gasteiger partial charge in [0.05, 0.1) is 16.8 Å². The molecule has 0 aliphatic carbocycles. The van der Waals surface area contributed by atoms with Gasteiger partial charge in [-0.05, 0) is 61.4 Å². The van der Waals surface area contributed by atoms with Crippen molar-refractivity contribution in [3.8, 4) is 11.3 Å². The molecule has 1 fully saturated rings. The van der Waals surface area contributed by atoms with Crippen molar-refractivity contribution in [1.29, 1.82) is 0 Å². The van der Waals surface area contributed by atoms with Gasteiger partial charge in [-0.25, -0.2) is 4.98 Å². The summed E-state index contributed by atoms with van der Waals surface area (Å²) in [7, 11) is 0. The lowest BCUT2D eigenvalue weighted by Crippen LogP contribution is -2.39. The summed E-state index contributed by atoms with van der Waals surface area (Å²) in [5.41, 5.74) is 5.73. The normalized spacial score (nSPS) is 14.5. The van der Waals surface area contributed by atoms with Crippen molar-refractivity contribution in [2.24, 2.45) is 5.92 Å². The Kier molecular flexibility index (Phi) is 6.15. The maximum atomic E-state index is 13.8. The van der Waals surface area contributed by atoms with Crippen LogP contribution in [0.15, 0.2) is 78.9 Å². The number of halogens is 1. The largest absolute Gasteiger partial charge is 0.339 e. The van der Waals surface area contributed by atoms with Crippen LogP contribution in [0.5, 0.6) is 0 Å². The first-order valence-corrected chi connectivity index (χ1v) is 12.0. The van der Waals surface area contributed by atoms with E-state index < -0.39 is 0 Å². The summed E-state index contributed by atoms with van der Waals surface area (Å²) in [6.07, 6.45) is 3.15. The van der Waals surface area contributed by atoms with Gasteiger partial charge in [0.25, 0.3) is 5.91 Å². The van der Waals surface area contributed by atoms with Crippen LogP contribution in [-0.2, 0) is 6.42 Å². The van der Waals surface area contributed by atoms with Crippen LogP contribution in [0, 0.1) is 12.8 Å². The van der Waals surface area contributed by atoms with Gasteiger partial charge >= 0.3 is 0 Å². The number of aromatic nitrogens is 1. The van der Waals surface area contributed by atoms with Crippen LogP contribution < -0.4 is 0 Å². The predicted octanol–water partition coefficient (Wildman–Crippen LogP) is 6.96. The second kappa shape index (κ2) is 9.36. The minimum absolute atomic E-state index is 0.111. The number of rotatable bonds is 4. The van der Waals surface area contributed by atoms with E-state index in [0.29, 0.717) is 10.9 Å². The Morgan fingerprint density at radius 2 is 1.61 bits per heavy atom. The standard InChI is InChI=1S/C29H27ClN2O/c1-20-27(29(33)32-17-15-22(16-18-32)19-21-7-3-2-4-8-21)25-9-5-6-10-26(25)31-28(20)23-11-13-24(30)14-12-23/h2-14,22H,15-19H2,1H3. The van der Waals surface area contributed by atoms with Crippen LogP contribution in [0.1, 0.15) is 34.3 Å². The van der Waals surface area contributed by atoms with Crippen LogP contribution in [0.2, 0.25) is 5.02 Å². The summed E-state index contributed by atoms with van der Waals surface area (Å²) in [4.78, 5) is 20.8. The average Bonchev–Trinajstić information content (AvgIpc) is 2.85. The Morgan fingerprint density at radius 3 is 2.33 bits per heavy atom. The molecule has 166 valence electrons. The van der Waals surface area contributed by atoms with E-state index in [2.05, 4.69) is 30.3 Å². The quantitative estimate of drug-likeness (QED) is 0.334. The zero-order valence-electron chi connectivity index (χ0n) is 18.8. The molecule has 0 atom stereocenters. The summed E-state index contributed by atoms with van der Waals surface area (Å²) >= 11 is 6.10. The number of pyridine rings is 1. The molecule has 0 radical (unpaired) electrons. The summed E-state index contributed by atoms with van der Waals surface area (Å²) in [5.74, 6) is 0.732. The SMILES string of the molecule is Cc1c(-c2ccc(Cl)cc2)nc2ccccc2c1C(=O)N1CCC(Cc2ccccc2)CC1. The number of hydrogen-bond acceptors (Lipinski definition) is 2. The molecular formula is C29H27ClN2O. The van der Waals surface area contributed by atoms with Crippen molar-refractivity contribution < 1.29 is 4.79 Å². The van der Waals surface area contributed by atoms with E-state index in [9.17, 15) is 4.79 Å². The highest BCUT2D eigenvalue weighted by molar-refractivity contribution is 6.30. The Labute approximate surface area is 200 Å². The van der Waals surface area contributed by atoms with E-state index in [4.69, 9.17) is 16.6 Å². The van der Waals surface area contributed by atoms with Gasteiger partial charge in [-0.3, -0.25) is 4.79 Å². The zero-order valence-corrected chi connectivity index (χ0v) is 19.6. The third-order valence-corrected chi connectivity index (χ3v) is 6.99. The lowest BCUT2D eigenvalue weighted by molar-refractivity contribution is 0.0692. The number of piperidine rings is 1. The number of para-hydroxylation sites is 1. The van der Waals surface area contributed by atoms with E-state index >= 15 is 0 Å². The third-order valence-electron chi connectivity index (χ3n) is 6.74. The van der Waals surface area contributed by atoms with Gasteiger partial charge in [0, 0.05) is 29.1 Å². The highest BCUT2D eigenvalue weighted by Crippen LogP contribution is 2.32. The molecule has 0 bridgehead atoms. The number of carbonyl (C=O) groups is 1. The number of carbonyl (C=O) groups excluding carboxylic acids is 1. The topological polar surface area (TPSA) is 33.2 Å². The Morgan fingerprint density at radius 1 is 0.939 bits per heavy atom. The fourth-order valence-electron chi connectivity index (χ4n) is 4.92. The number of fused-ring (bicyclic) bond motifs is 1. The number of benzene rings is 3. The van der Waals surface area contributed by atoms with Crippen LogP contribution in [0.4, 0.5) is 0 Å². The summed E-state index contributed by atoms with van der Waals surface area (Å²) in [5, 5.41) is 1.61. The molecule has 1 aliphatic rings. The molecule has 5 rings (SSSR count). The average molecular weight is 455 g/mol. The van der Waals surface area contributed by atoms with E-state index in [-0.39, 0.29) is 5.91 Å². The Bertz CT molecular complexity index is 1280. The van der Waals surface area contributed by atoms with Gasteiger partial charge in [0.2, 0.25) is 0 Å². The Hall–Kier alpha value is -3.17. The van der Waals surface area contributed by atoms with Crippen molar-refractivity contribution in [1.82, 2.24) is 9.88 Å². The molecule has 2 heterocycles. The monoisotopic (exact) mass is 454 g/mol. The molecule has 0 N–H and O–H groups in total. The number of nitrogens with zero attached hydrogens (tertiary/aromatic N) is 2. The lowest BCUT2D eigenvalue weighted by atomic mass is 9.89. The molecule has 4 heteroatoms. The second-order valence-corrected chi connectivity index (χ2v) is 9.35. The van der Waals surface area contributed by atoms with Crippen LogP contribution in [0.25, 0.3) is 22.2 Å². The fourth-order valence-corrected chi connectivity index (χ4v) is 5.04. The molecule has 3 aromatic carbocycles. The number of likely N-dealkylation sites (tertiary alicyclic amines) is 1. The number of hydrogen-bond donors (Lipinski definition) is 0. The third kappa shape index (κ3) is 4.51. The van der Waals surface area contributed by atoms with Crippen molar-refractivity contribution in [3.63, 3.8) is 0 Å². The fraction of sp³-hybridized carbons (Fsp3) is 0.241. The van der Waals surface area contributed by atoms with Gasteiger partial charge in [0.15, 0.2) is 0 Å². The van der Waals surface area contributed by atoms with E-state index in [1.807, 2.05) is 60.4 Å². The molecule has 0 spiro atoms. The lowest BCUT2D eigenvalue weighted by Gasteiger charge is -2.33. The van der Waals surface area contributed by atoms with Crippen molar-refractivity contribution in [3.05, 3.63) is 101 Å². The molecule has 4 aromatic rings. The first kappa shape index (κ1) is 21.7. The first-order valence-electron chi connectivity index (χ1n) is 11.6. The van der Waals surface area contributed by atoms with Crippen LogP contribution in [0.3, 0.4) is 0 Å². The maximum Gasteiger partial charge on any atom is 0.254 e. The molecule has 0 unspecified atom stereocenters. The highest BCUT2D eigenvalue weighted by Gasteiger charge is 2.27. The minimum atomic E-state index is 0.111. The minimum Gasteiger partial charge on any atom is -0.339 e. The zero-order chi connectivity index (χ0) is 22.8. The molecule has 1 saturated heterocycles. The number of amides is 1.